The molecule has 0 unspecified atom stereocenters. The van der Waals surface area contributed by atoms with Crippen molar-refractivity contribution in [3.05, 3.63) is 47.8 Å². The molecule has 1 saturated carbocycles. The fourth-order valence-electron chi connectivity index (χ4n) is 4.29. The smallest absolute Gasteiger partial charge is 0.256 e. The van der Waals surface area contributed by atoms with Crippen LogP contribution in [0.4, 0.5) is 15.8 Å². The van der Waals surface area contributed by atoms with E-state index in [0.29, 0.717) is 26.2 Å². The van der Waals surface area contributed by atoms with E-state index in [1.165, 1.54) is 6.07 Å². The Bertz CT molecular complexity index is 1060. The zero-order valence-electron chi connectivity index (χ0n) is 17.5. The first-order chi connectivity index (χ1) is 14.9. The van der Waals surface area contributed by atoms with Gasteiger partial charge in [-0.1, -0.05) is 12.1 Å². The molecule has 0 bridgehead atoms. The molecule has 0 radical (unpaired) electrons. The monoisotopic (exact) mass is 423 g/mol. The second-order valence-electron chi connectivity index (χ2n) is 8.70. The molecule has 3 N–H and O–H groups in total. The van der Waals surface area contributed by atoms with Crippen molar-refractivity contribution in [2.24, 2.45) is 5.73 Å². The van der Waals surface area contributed by atoms with Crippen LogP contribution in [0, 0.1) is 5.82 Å². The summed E-state index contributed by atoms with van der Waals surface area (Å²) >= 11 is 0. The Balaban J connectivity index is 1.28. The highest BCUT2D eigenvalue weighted by Gasteiger charge is 2.48. The summed E-state index contributed by atoms with van der Waals surface area (Å²) in [5.74, 6) is -0.919. The molecule has 2 aromatic rings. The van der Waals surface area contributed by atoms with E-state index >= 15 is 0 Å². The van der Waals surface area contributed by atoms with Crippen molar-refractivity contribution in [3.8, 4) is 11.1 Å². The summed E-state index contributed by atoms with van der Waals surface area (Å²) in [5.41, 5.74) is 9.09. The molecule has 2 heterocycles. The topological polar surface area (TPSA) is 81.9 Å². The predicted octanol–water partition coefficient (Wildman–Crippen LogP) is 2.09. The number of piperazine rings is 1. The van der Waals surface area contributed by atoms with Crippen LogP contribution in [0.2, 0.25) is 0 Å². The summed E-state index contributed by atoms with van der Waals surface area (Å²) in [4.78, 5) is 30.7. The predicted molar refractivity (Wildman–Crippen MR) is 117 cm³/mol. The summed E-state index contributed by atoms with van der Waals surface area (Å²) in [6.45, 7) is 2.36. The molecule has 1 saturated heterocycles. The van der Waals surface area contributed by atoms with Crippen molar-refractivity contribution in [2.45, 2.75) is 18.4 Å². The molecule has 2 fully saturated rings. The van der Waals surface area contributed by atoms with Gasteiger partial charge in [-0.15, -0.1) is 0 Å². The van der Waals surface area contributed by atoms with Crippen molar-refractivity contribution in [3.63, 3.8) is 0 Å². The molecule has 5 rings (SSSR count). The Morgan fingerprint density at radius 1 is 1.00 bits per heavy atom. The molecule has 2 aromatic carbocycles. The summed E-state index contributed by atoms with van der Waals surface area (Å²) in [6, 6.07) is 10.7. The third-order valence-corrected chi connectivity index (χ3v) is 6.52. The first kappa shape index (κ1) is 19.8. The number of carbonyl (C=O) groups excluding carboxylic acids is 2. The molecule has 0 atom stereocenters. The lowest BCUT2D eigenvalue weighted by atomic mass is 10.0. The molecule has 0 aromatic heterocycles. The summed E-state index contributed by atoms with van der Waals surface area (Å²) in [6.07, 6.45) is 1.44. The van der Waals surface area contributed by atoms with Gasteiger partial charge in [-0.05, 0) is 48.2 Å². The van der Waals surface area contributed by atoms with Gasteiger partial charge in [0.25, 0.3) is 5.91 Å². The van der Waals surface area contributed by atoms with Gasteiger partial charge in [-0.3, -0.25) is 9.59 Å². The number of rotatable bonds is 3. The molecule has 3 aliphatic rings. The number of nitrogens with zero attached hydrogens (tertiary/aromatic N) is 3. The Morgan fingerprint density at radius 3 is 2.32 bits per heavy atom. The SMILES string of the molecule is CN1CNc2cc(-c3ccc(C(=O)N4CCN(C(=O)C5(N)CC5)CC4)c(F)c3)ccc21. The summed E-state index contributed by atoms with van der Waals surface area (Å²) in [7, 11) is 2.01. The van der Waals surface area contributed by atoms with Crippen LogP contribution in [-0.4, -0.2) is 67.0 Å². The van der Waals surface area contributed by atoms with Gasteiger partial charge in [0.05, 0.1) is 29.1 Å². The zero-order valence-corrected chi connectivity index (χ0v) is 17.5. The van der Waals surface area contributed by atoms with Crippen LogP contribution in [0.25, 0.3) is 11.1 Å². The summed E-state index contributed by atoms with van der Waals surface area (Å²) < 4.78 is 14.9. The summed E-state index contributed by atoms with van der Waals surface area (Å²) in [5, 5.41) is 3.31. The Labute approximate surface area is 180 Å². The standard InChI is InChI=1S/C23H26FN5O2/c1-27-14-26-19-13-16(3-5-20(19)27)15-2-4-17(18(24)12-15)21(30)28-8-10-29(11-9-28)22(31)23(25)6-7-23/h2-5,12-13,26H,6-11,14,25H2,1H3. The number of benzene rings is 2. The Morgan fingerprint density at radius 2 is 1.65 bits per heavy atom. The number of nitrogens with one attached hydrogen (secondary N) is 1. The molecule has 162 valence electrons. The van der Waals surface area contributed by atoms with Crippen molar-refractivity contribution >= 4 is 23.2 Å². The number of halogens is 1. The largest absolute Gasteiger partial charge is 0.366 e. The van der Waals surface area contributed by atoms with Crippen LogP contribution >= 0.6 is 0 Å². The van der Waals surface area contributed by atoms with Crippen LogP contribution in [0.15, 0.2) is 36.4 Å². The highest BCUT2D eigenvalue weighted by Crippen LogP contribution is 2.35. The number of fused-ring (bicyclic) bond motifs is 1. The molecule has 7 nitrogen and oxygen atoms in total. The molecular formula is C23H26FN5O2. The number of nitrogens with two attached hydrogens (primary N) is 1. The Hall–Kier alpha value is -3.13. The number of amides is 2. The van der Waals surface area contributed by atoms with Crippen LogP contribution in [0.3, 0.4) is 0 Å². The van der Waals surface area contributed by atoms with Gasteiger partial charge in [-0.25, -0.2) is 4.39 Å². The van der Waals surface area contributed by atoms with Crippen LogP contribution < -0.4 is 16.0 Å². The highest BCUT2D eigenvalue weighted by atomic mass is 19.1. The van der Waals surface area contributed by atoms with E-state index in [4.69, 9.17) is 5.73 Å². The van der Waals surface area contributed by atoms with Crippen LogP contribution in [0.1, 0.15) is 23.2 Å². The fourth-order valence-corrected chi connectivity index (χ4v) is 4.29. The molecule has 2 amide bonds. The van der Waals surface area contributed by atoms with Crippen molar-refractivity contribution in [1.82, 2.24) is 9.80 Å². The fraction of sp³-hybridized carbons (Fsp3) is 0.391. The average Bonchev–Trinajstić information content (AvgIpc) is 3.44. The molecule has 8 heteroatoms. The second kappa shape index (κ2) is 7.23. The van der Waals surface area contributed by atoms with E-state index in [9.17, 15) is 14.0 Å². The van der Waals surface area contributed by atoms with Gasteiger partial charge < -0.3 is 25.8 Å². The van der Waals surface area contributed by atoms with E-state index in [0.717, 1.165) is 42.0 Å². The van der Waals surface area contributed by atoms with E-state index in [-0.39, 0.29) is 17.4 Å². The van der Waals surface area contributed by atoms with Crippen molar-refractivity contribution < 1.29 is 14.0 Å². The quantitative estimate of drug-likeness (QED) is 0.790. The number of hydrogen-bond acceptors (Lipinski definition) is 5. The third-order valence-electron chi connectivity index (χ3n) is 6.52. The van der Waals surface area contributed by atoms with E-state index in [1.54, 1.807) is 21.9 Å². The Kier molecular flexibility index (Phi) is 4.62. The molecular weight excluding hydrogens is 397 g/mol. The maximum absolute atomic E-state index is 14.9. The highest BCUT2D eigenvalue weighted by molar-refractivity contribution is 5.95. The normalized spacial score (nSPS) is 19.1. The molecule has 0 spiro atoms. The van der Waals surface area contributed by atoms with Crippen LogP contribution in [0.5, 0.6) is 0 Å². The van der Waals surface area contributed by atoms with Gasteiger partial charge in [0.15, 0.2) is 0 Å². The van der Waals surface area contributed by atoms with Crippen molar-refractivity contribution in [2.75, 3.05) is 50.1 Å². The number of anilines is 2. The van der Waals surface area contributed by atoms with E-state index in [1.807, 2.05) is 25.2 Å². The maximum Gasteiger partial charge on any atom is 0.256 e. The van der Waals surface area contributed by atoms with Gasteiger partial charge in [-0.2, -0.15) is 0 Å². The second-order valence-corrected chi connectivity index (χ2v) is 8.70. The number of carbonyl (C=O) groups is 2. The zero-order chi connectivity index (χ0) is 21.8. The average molecular weight is 423 g/mol. The van der Waals surface area contributed by atoms with E-state index in [2.05, 4.69) is 10.2 Å². The molecule has 31 heavy (non-hydrogen) atoms. The van der Waals surface area contributed by atoms with Gasteiger partial charge in [0, 0.05) is 33.2 Å². The minimum atomic E-state index is -0.698. The lowest BCUT2D eigenvalue weighted by Crippen LogP contribution is -2.55. The first-order valence-corrected chi connectivity index (χ1v) is 10.6. The first-order valence-electron chi connectivity index (χ1n) is 10.6. The van der Waals surface area contributed by atoms with Gasteiger partial charge in [0.1, 0.15) is 5.82 Å². The van der Waals surface area contributed by atoms with Gasteiger partial charge in [0.2, 0.25) is 5.91 Å². The van der Waals surface area contributed by atoms with Crippen LogP contribution in [-0.2, 0) is 4.79 Å². The lowest BCUT2D eigenvalue weighted by molar-refractivity contribution is -0.135. The van der Waals surface area contributed by atoms with Gasteiger partial charge >= 0.3 is 0 Å². The van der Waals surface area contributed by atoms with Crippen molar-refractivity contribution in [1.29, 1.82) is 0 Å². The van der Waals surface area contributed by atoms with E-state index < -0.39 is 11.4 Å². The number of hydrogen-bond donors (Lipinski definition) is 2. The maximum atomic E-state index is 14.9. The lowest BCUT2D eigenvalue weighted by Gasteiger charge is -2.36. The third kappa shape index (κ3) is 3.50. The molecule has 2 aliphatic heterocycles. The minimum absolute atomic E-state index is 0.0369. The molecule has 1 aliphatic carbocycles. The minimum Gasteiger partial charge on any atom is -0.366 e.